The first-order valence-electron chi connectivity index (χ1n) is 7.52. The van der Waals surface area contributed by atoms with E-state index in [2.05, 4.69) is 15.3 Å². The summed E-state index contributed by atoms with van der Waals surface area (Å²) in [6.45, 7) is 0. The first kappa shape index (κ1) is 18.7. The van der Waals surface area contributed by atoms with Crippen molar-refractivity contribution >= 4 is 51.6 Å². The second-order valence-electron chi connectivity index (χ2n) is 5.41. The highest BCUT2D eigenvalue weighted by Crippen LogP contribution is 2.26. The van der Waals surface area contributed by atoms with Crippen molar-refractivity contribution in [2.45, 2.75) is 6.04 Å². The molecule has 0 aliphatic carbocycles. The number of Topliss-reactive ketones (excluding diaryl/α,β-unsaturated/α-hetero) is 1. The number of nitrogens with zero attached hydrogens (tertiary/aromatic N) is 3. The fraction of sp³-hybridized carbons (Fsp3) is 0.0588. The maximum atomic E-state index is 12.4. The van der Waals surface area contributed by atoms with E-state index in [0.29, 0.717) is 11.0 Å². The third-order valence-electron chi connectivity index (χ3n) is 3.61. The Morgan fingerprint density at radius 1 is 1.11 bits per heavy atom. The van der Waals surface area contributed by atoms with Crippen LogP contribution in [-0.2, 0) is 9.59 Å². The van der Waals surface area contributed by atoms with Crippen molar-refractivity contribution in [3.8, 4) is 0 Å². The molecule has 0 radical (unpaired) electrons. The Hall–Kier alpha value is -3.10. The fourth-order valence-corrected chi connectivity index (χ4v) is 2.68. The number of rotatable bonds is 5. The van der Waals surface area contributed by atoms with Gasteiger partial charge in [0.05, 0.1) is 27.9 Å². The standard InChI is InChI=1S/C17H10Cl2N4O4/c18-9-5-6-10(19)13(7-9)22-17(25)16(24)15(23(26)27)14-8-20-11-3-1-2-4-12(11)21-14/h1-8,15H,(H,22,25)/t15-/m1/s1. The zero-order chi connectivity index (χ0) is 19.6. The minimum atomic E-state index is -2.00. The maximum absolute atomic E-state index is 12.4. The molecule has 1 aromatic heterocycles. The van der Waals surface area contributed by atoms with E-state index in [1.807, 2.05) is 0 Å². The van der Waals surface area contributed by atoms with Crippen LogP contribution < -0.4 is 5.32 Å². The van der Waals surface area contributed by atoms with E-state index in [4.69, 9.17) is 23.2 Å². The number of para-hydroxylation sites is 2. The Morgan fingerprint density at radius 2 is 1.81 bits per heavy atom. The molecule has 1 amide bonds. The molecule has 0 bridgehead atoms. The quantitative estimate of drug-likeness (QED) is 0.395. The predicted octanol–water partition coefficient (Wildman–Crippen LogP) is 3.46. The Kier molecular flexibility index (Phi) is 5.29. The smallest absolute Gasteiger partial charge is 0.318 e. The summed E-state index contributed by atoms with van der Waals surface area (Å²) in [5.74, 6) is -2.52. The predicted molar refractivity (Wildman–Crippen MR) is 99.4 cm³/mol. The van der Waals surface area contributed by atoms with E-state index < -0.39 is 22.7 Å². The van der Waals surface area contributed by atoms with Crippen LogP contribution >= 0.6 is 23.2 Å². The first-order valence-corrected chi connectivity index (χ1v) is 8.28. The van der Waals surface area contributed by atoms with Gasteiger partial charge in [-0.15, -0.1) is 0 Å². The Balaban J connectivity index is 1.91. The molecule has 0 saturated carbocycles. The van der Waals surface area contributed by atoms with Gasteiger partial charge in [-0.3, -0.25) is 24.7 Å². The van der Waals surface area contributed by atoms with E-state index in [0.717, 1.165) is 6.20 Å². The molecular weight excluding hydrogens is 395 g/mol. The van der Waals surface area contributed by atoms with Crippen molar-refractivity contribution in [2.75, 3.05) is 5.32 Å². The number of amides is 1. The second kappa shape index (κ2) is 7.65. The van der Waals surface area contributed by atoms with Gasteiger partial charge in [0.25, 0.3) is 11.7 Å². The van der Waals surface area contributed by atoms with E-state index in [9.17, 15) is 19.7 Å². The van der Waals surface area contributed by atoms with Crippen LogP contribution in [0.5, 0.6) is 0 Å². The molecule has 10 heteroatoms. The van der Waals surface area contributed by atoms with Gasteiger partial charge in [0.2, 0.25) is 0 Å². The molecule has 27 heavy (non-hydrogen) atoms. The molecule has 0 aliphatic heterocycles. The SMILES string of the molecule is O=C(Nc1cc(Cl)ccc1Cl)C(=O)[C@@H](c1cnc2ccccc2n1)[N+](=O)[O-]. The molecule has 0 unspecified atom stereocenters. The van der Waals surface area contributed by atoms with Crippen LogP contribution in [0.1, 0.15) is 11.7 Å². The lowest BCUT2D eigenvalue weighted by Gasteiger charge is -2.10. The summed E-state index contributed by atoms with van der Waals surface area (Å²) >= 11 is 11.8. The molecule has 0 fully saturated rings. The van der Waals surface area contributed by atoms with Crippen molar-refractivity contribution < 1.29 is 14.5 Å². The molecule has 0 saturated heterocycles. The average Bonchev–Trinajstić information content (AvgIpc) is 2.64. The number of nitrogens with one attached hydrogen (secondary N) is 1. The molecule has 2 aromatic carbocycles. The number of hydrogen-bond acceptors (Lipinski definition) is 6. The number of carbonyl (C=O) groups excluding carboxylic acids is 2. The molecule has 1 N–H and O–H groups in total. The van der Waals surface area contributed by atoms with E-state index in [1.54, 1.807) is 24.3 Å². The highest BCUT2D eigenvalue weighted by Gasteiger charge is 2.38. The van der Waals surface area contributed by atoms with Gasteiger partial charge in [-0.2, -0.15) is 0 Å². The fourth-order valence-electron chi connectivity index (χ4n) is 2.34. The van der Waals surface area contributed by atoms with Crippen molar-refractivity contribution in [1.82, 2.24) is 9.97 Å². The molecular formula is C17H10Cl2N4O4. The van der Waals surface area contributed by atoms with Gasteiger partial charge in [-0.25, -0.2) is 4.98 Å². The zero-order valence-corrected chi connectivity index (χ0v) is 14.9. The van der Waals surface area contributed by atoms with Gasteiger partial charge in [-0.05, 0) is 30.3 Å². The van der Waals surface area contributed by atoms with Crippen molar-refractivity contribution in [3.63, 3.8) is 0 Å². The van der Waals surface area contributed by atoms with Gasteiger partial charge in [0, 0.05) is 9.95 Å². The van der Waals surface area contributed by atoms with Crippen molar-refractivity contribution in [2.24, 2.45) is 0 Å². The summed E-state index contributed by atoms with van der Waals surface area (Å²) < 4.78 is 0. The van der Waals surface area contributed by atoms with Crippen LogP contribution in [0.4, 0.5) is 5.69 Å². The molecule has 1 heterocycles. The molecule has 8 nitrogen and oxygen atoms in total. The van der Waals surface area contributed by atoms with E-state index >= 15 is 0 Å². The minimum Gasteiger partial charge on any atom is -0.318 e. The van der Waals surface area contributed by atoms with Crippen molar-refractivity contribution in [1.29, 1.82) is 0 Å². The van der Waals surface area contributed by atoms with Crippen molar-refractivity contribution in [3.05, 3.63) is 74.5 Å². The summed E-state index contributed by atoms with van der Waals surface area (Å²) in [5.41, 5.74) is 0.698. The lowest BCUT2D eigenvalue weighted by Crippen LogP contribution is -2.33. The van der Waals surface area contributed by atoms with Crippen LogP contribution in [-0.4, -0.2) is 26.6 Å². The van der Waals surface area contributed by atoms with Gasteiger partial charge in [0.15, 0.2) is 0 Å². The summed E-state index contributed by atoms with van der Waals surface area (Å²) in [5, 5.41) is 14.1. The Morgan fingerprint density at radius 3 is 2.52 bits per heavy atom. The zero-order valence-electron chi connectivity index (χ0n) is 13.4. The van der Waals surface area contributed by atoms with Crippen LogP contribution in [0.25, 0.3) is 11.0 Å². The number of aromatic nitrogens is 2. The molecule has 1 atom stereocenters. The number of anilines is 1. The van der Waals surface area contributed by atoms with Gasteiger partial charge < -0.3 is 5.32 Å². The minimum absolute atomic E-state index is 0.0641. The second-order valence-corrected chi connectivity index (χ2v) is 6.26. The van der Waals surface area contributed by atoms with Crippen LogP contribution in [0.2, 0.25) is 10.0 Å². The number of halogens is 2. The maximum Gasteiger partial charge on any atom is 0.322 e. The summed E-state index contributed by atoms with van der Waals surface area (Å²) in [6.07, 6.45) is 1.10. The van der Waals surface area contributed by atoms with Gasteiger partial charge >= 0.3 is 6.04 Å². The number of benzene rings is 2. The average molecular weight is 405 g/mol. The molecule has 0 spiro atoms. The Labute approximate surface area is 162 Å². The number of carbonyl (C=O) groups is 2. The molecule has 136 valence electrons. The summed E-state index contributed by atoms with van der Waals surface area (Å²) in [6, 6.07) is 8.91. The highest BCUT2D eigenvalue weighted by molar-refractivity contribution is 6.43. The summed E-state index contributed by atoms with van der Waals surface area (Å²) in [7, 11) is 0. The number of ketones is 1. The first-order chi connectivity index (χ1) is 12.9. The number of fused-ring (bicyclic) bond motifs is 1. The number of hydrogen-bond donors (Lipinski definition) is 1. The van der Waals surface area contributed by atoms with Crippen LogP contribution in [0.15, 0.2) is 48.7 Å². The summed E-state index contributed by atoms with van der Waals surface area (Å²) in [4.78, 5) is 43.4. The van der Waals surface area contributed by atoms with Gasteiger partial charge in [0.1, 0.15) is 5.69 Å². The lowest BCUT2D eigenvalue weighted by molar-refractivity contribution is -0.513. The third-order valence-corrected chi connectivity index (χ3v) is 4.17. The normalized spacial score (nSPS) is 11.8. The number of nitro groups is 1. The van der Waals surface area contributed by atoms with Crippen LogP contribution in [0.3, 0.4) is 0 Å². The van der Waals surface area contributed by atoms with E-state index in [1.165, 1.54) is 18.2 Å². The monoisotopic (exact) mass is 404 g/mol. The Bertz CT molecular complexity index is 1070. The van der Waals surface area contributed by atoms with E-state index in [-0.39, 0.29) is 21.4 Å². The molecule has 3 aromatic rings. The topological polar surface area (TPSA) is 115 Å². The third kappa shape index (κ3) is 4.02. The largest absolute Gasteiger partial charge is 0.322 e. The molecule has 0 aliphatic rings. The highest BCUT2D eigenvalue weighted by atomic mass is 35.5. The molecule has 3 rings (SSSR count). The van der Waals surface area contributed by atoms with Gasteiger partial charge in [-0.1, -0.05) is 35.3 Å². The van der Waals surface area contributed by atoms with Crippen LogP contribution in [0, 0.1) is 10.1 Å². The lowest BCUT2D eigenvalue weighted by atomic mass is 10.1.